The number of carbonyl (C=O) groups is 1. The normalized spacial score (nSPS) is 13.0. The number of rotatable bonds is 9. The molecular formula is C19H31NO5S. The summed E-state index contributed by atoms with van der Waals surface area (Å²) in [6, 6.07) is 5.18. The van der Waals surface area contributed by atoms with E-state index in [1.54, 1.807) is 26.0 Å². The first-order chi connectivity index (χ1) is 12.0. The molecule has 0 aliphatic carbocycles. The van der Waals surface area contributed by atoms with Crippen LogP contribution in [-0.2, 0) is 21.5 Å². The topological polar surface area (TPSA) is 72.9 Å². The molecule has 7 heteroatoms. The third kappa shape index (κ3) is 5.62. The fourth-order valence-corrected chi connectivity index (χ4v) is 2.88. The molecule has 6 nitrogen and oxygen atoms in total. The molecule has 0 fully saturated rings. The van der Waals surface area contributed by atoms with Gasteiger partial charge in [-0.2, -0.15) is 8.42 Å². The van der Waals surface area contributed by atoms with E-state index in [9.17, 15) is 13.2 Å². The molecule has 148 valence electrons. The summed E-state index contributed by atoms with van der Waals surface area (Å²) in [5.74, 6) is 0.426. The van der Waals surface area contributed by atoms with Crippen LogP contribution in [0.5, 0.6) is 11.5 Å². The van der Waals surface area contributed by atoms with Crippen molar-refractivity contribution in [1.82, 2.24) is 4.90 Å². The first-order valence-electron chi connectivity index (χ1n) is 8.94. The van der Waals surface area contributed by atoms with E-state index >= 15 is 0 Å². The molecule has 1 unspecified atom stereocenters. The van der Waals surface area contributed by atoms with Crippen LogP contribution in [0.4, 0.5) is 0 Å². The molecule has 0 saturated heterocycles. The lowest BCUT2D eigenvalue weighted by Crippen LogP contribution is -2.40. The number of hydrogen-bond acceptors (Lipinski definition) is 5. The van der Waals surface area contributed by atoms with E-state index in [2.05, 4.69) is 0 Å². The molecule has 0 saturated carbocycles. The summed E-state index contributed by atoms with van der Waals surface area (Å²) >= 11 is 0. The second-order valence-electron chi connectivity index (χ2n) is 6.99. The maximum absolute atomic E-state index is 12.5. The molecule has 0 aromatic heterocycles. The molecule has 26 heavy (non-hydrogen) atoms. The van der Waals surface area contributed by atoms with Crippen molar-refractivity contribution in [3.05, 3.63) is 23.8 Å². The van der Waals surface area contributed by atoms with Crippen molar-refractivity contribution in [2.24, 2.45) is 5.92 Å². The van der Waals surface area contributed by atoms with Crippen LogP contribution >= 0.6 is 0 Å². The van der Waals surface area contributed by atoms with E-state index in [0.29, 0.717) is 12.3 Å². The molecule has 0 aliphatic heterocycles. The zero-order chi connectivity index (χ0) is 20.1. The minimum absolute atomic E-state index is 0.0624. The highest BCUT2D eigenvalue weighted by molar-refractivity contribution is 7.87. The van der Waals surface area contributed by atoms with E-state index in [4.69, 9.17) is 8.92 Å². The Kier molecular flexibility index (Phi) is 7.93. The maximum Gasteiger partial charge on any atom is 0.311 e. The average Bonchev–Trinajstić information content (AvgIpc) is 2.58. The minimum atomic E-state index is -3.74. The quantitative estimate of drug-likeness (QED) is 0.607. The summed E-state index contributed by atoms with van der Waals surface area (Å²) in [6.45, 7) is 11.3. The predicted octanol–water partition coefficient (Wildman–Crippen LogP) is 3.60. The molecule has 1 aromatic rings. The Bertz CT molecular complexity index is 713. The Hall–Kier alpha value is -1.76. The van der Waals surface area contributed by atoms with Gasteiger partial charge in [-0.25, -0.2) is 0 Å². The largest absolute Gasteiger partial charge is 0.493 e. The fourth-order valence-electron chi connectivity index (χ4n) is 2.31. The van der Waals surface area contributed by atoms with Crippen molar-refractivity contribution >= 4 is 16.0 Å². The number of benzene rings is 1. The molecule has 1 atom stereocenters. The second kappa shape index (κ2) is 9.26. The van der Waals surface area contributed by atoms with E-state index in [1.165, 1.54) is 7.11 Å². The molecule has 0 spiro atoms. The summed E-state index contributed by atoms with van der Waals surface area (Å²) in [7, 11) is -2.28. The Morgan fingerprint density at radius 2 is 1.73 bits per heavy atom. The van der Waals surface area contributed by atoms with Gasteiger partial charge in [-0.3, -0.25) is 4.79 Å². The minimum Gasteiger partial charge on any atom is -0.493 e. The molecule has 1 amide bonds. The van der Waals surface area contributed by atoms with Gasteiger partial charge in [0.05, 0.1) is 12.4 Å². The zero-order valence-corrected chi connectivity index (χ0v) is 17.6. The second-order valence-corrected chi connectivity index (χ2v) is 9.08. The van der Waals surface area contributed by atoms with Crippen molar-refractivity contribution in [2.45, 2.75) is 65.8 Å². The number of carbonyl (C=O) groups excluding carboxylic acids is 1. The van der Waals surface area contributed by atoms with Gasteiger partial charge >= 0.3 is 10.1 Å². The van der Waals surface area contributed by atoms with Crippen molar-refractivity contribution in [3.63, 3.8) is 0 Å². The lowest BCUT2D eigenvalue weighted by molar-refractivity contribution is -0.137. The smallest absolute Gasteiger partial charge is 0.311 e. The van der Waals surface area contributed by atoms with Gasteiger partial charge in [0.2, 0.25) is 5.91 Å². The third-order valence-corrected chi connectivity index (χ3v) is 5.83. The lowest BCUT2D eigenvalue weighted by Gasteiger charge is -2.30. The van der Waals surface area contributed by atoms with E-state index in [-0.39, 0.29) is 23.6 Å². The number of amides is 1. The van der Waals surface area contributed by atoms with E-state index < -0.39 is 15.4 Å². The van der Waals surface area contributed by atoms with Gasteiger partial charge in [-0.05, 0) is 44.9 Å². The Morgan fingerprint density at radius 1 is 1.12 bits per heavy atom. The van der Waals surface area contributed by atoms with Gasteiger partial charge in [-0.1, -0.05) is 26.8 Å². The molecular weight excluding hydrogens is 354 g/mol. The standard InChI is InChI=1S/C19H31NO5S/c1-8-15(6)20(19(21)13(2)3)12-16-9-10-17(24-7)18(11-16)25-26(22,23)14(4)5/h9-11,13-15H,8,12H2,1-7H3. The van der Waals surface area contributed by atoms with Crippen LogP contribution in [0, 0.1) is 5.92 Å². The number of nitrogens with zero attached hydrogens (tertiary/aromatic N) is 1. The first kappa shape index (κ1) is 22.3. The number of methoxy groups -OCH3 is 1. The monoisotopic (exact) mass is 385 g/mol. The number of ether oxygens (including phenoxy) is 1. The predicted molar refractivity (Wildman–Crippen MR) is 103 cm³/mol. The Balaban J connectivity index is 3.20. The SMILES string of the molecule is CCC(C)N(Cc1ccc(OC)c(OS(=O)(=O)C(C)C)c1)C(=O)C(C)C. The van der Waals surface area contributed by atoms with Gasteiger partial charge in [0.1, 0.15) is 0 Å². The van der Waals surface area contributed by atoms with Gasteiger partial charge in [0.25, 0.3) is 0 Å². The molecule has 0 aliphatic rings. The van der Waals surface area contributed by atoms with E-state index in [1.807, 2.05) is 38.7 Å². The van der Waals surface area contributed by atoms with Crippen LogP contribution in [0.1, 0.15) is 53.5 Å². The first-order valence-corrected chi connectivity index (χ1v) is 10.4. The van der Waals surface area contributed by atoms with E-state index in [0.717, 1.165) is 12.0 Å². The highest BCUT2D eigenvalue weighted by Gasteiger charge is 2.24. The lowest BCUT2D eigenvalue weighted by atomic mass is 10.1. The number of hydrogen-bond donors (Lipinski definition) is 0. The highest BCUT2D eigenvalue weighted by atomic mass is 32.2. The van der Waals surface area contributed by atoms with Crippen molar-refractivity contribution < 1.29 is 22.1 Å². The molecule has 0 radical (unpaired) electrons. The summed E-state index contributed by atoms with van der Waals surface area (Å²) in [6.07, 6.45) is 0.833. The summed E-state index contributed by atoms with van der Waals surface area (Å²) in [5, 5.41) is -0.671. The van der Waals surface area contributed by atoms with Crippen LogP contribution in [0.2, 0.25) is 0 Å². The van der Waals surface area contributed by atoms with Crippen molar-refractivity contribution in [3.8, 4) is 11.5 Å². The van der Waals surface area contributed by atoms with Gasteiger partial charge in [-0.15, -0.1) is 0 Å². The maximum atomic E-state index is 12.5. The molecule has 0 bridgehead atoms. The molecule has 1 aromatic carbocycles. The average molecular weight is 386 g/mol. The zero-order valence-electron chi connectivity index (χ0n) is 16.8. The van der Waals surface area contributed by atoms with Crippen LogP contribution in [0.15, 0.2) is 18.2 Å². The van der Waals surface area contributed by atoms with Gasteiger partial charge in [0.15, 0.2) is 11.5 Å². The highest BCUT2D eigenvalue weighted by Crippen LogP contribution is 2.31. The summed E-state index contributed by atoms with van der Waals surface area (Å²) in [5.41, 5.74) is 0.786. The molecule has 1 rings (SSSR count). The van der Waals surface area contributed by atoms with Crippen molar-refractivity contribution in [2.75, 3.05) is 7.11 Å². The third-order valence-electron chi connectivity index (χ3n) is 4.26. The Labute approximate surface area is 157 Å². The van der Waals surface area contributed by atoms with Crippen LogP contribution in [0.3, 0.4) is 0 Å². The van der Waals surface area contributed by atoms with Crippen LogP contribution in [-0.4, -0.2) is 37.6 Å². The molecule has 0 N–H and O–H groups in total. The molecule has 0 heterocycles. The Morgan fingerprint density at radius 3 is 2.19 bits per heavy atom. The summed E-state index contributed by atoms with van der Waals surface area (Å²) in [4.78, 5) is 14.4. The summed E-state index contributed by atoms with van der Waals surface area (Å²) < 4.78 is 34.7. The van der Waals surface area contributed by atoms with Gasteiger partial charge in [0, 0.05) is 18.5 Å². The van der Waals surface area contributed by atoms with Crippen LogP contribution < -0.4 is 8.92 Å². The van der Waals surface area contributed by atoms with Crippen molar-refractivity contribution in [1.29, 1.82) is 0 Å². The van der Waals surface area contributed by atoms with Gasteiger partial charge < -0.3 is 13.8 Å². The van der Waals surface area contributed by atoms with Crippen LogP contribution in [0.25, 0.3) is 0 Å². The fraction of sp³-hybridized carbons (Fsp3) is 0.632.